The zero-order valence-corrected chi connectivity index (χ0v) is 24.9. The third kappa shape index (κ3) is 5.82. The van der Waals surface area contributed by atoms with E-state index in [2.05, 4.69) is 34.7 Å². The van der Waals surface area contributed by atoms with Crippen molar-refractivity contribution in [1.29, 1.82) is 0 Å². The molecule has 0 aliphatic rings. The third-order valence-electron chi connectivity index (χ3n) is 7.73. The van der Waals surface area contributed by atoms with Gasteiger partial charge in [0.1, 0.15) is 0 Å². The van der Waals surface area contributed by atoms with Crippen LogP contribution < -0.4 is 5.32 Å². The molecule has 6 aromatic rings. The smallest absolute Gasteiger partial charge is 0.335 e. The number of hydrogen-bond acceptors (Lipinski definition) is 5. The molecule has 1 atom stereocenters. The number of benzene rings is 5. The number of aromatic nitrogens is 2. The summed E-state index contributed by atoms with van der Waals surface area (Å²) >= 11 is 0. The molecule has 9 heteroatoms. The van der Waals surface area contributed by atoms with Gasteiger partial charge in [-0.25, -0.2) is 13.2 Å². The monoisotopic (exact) mass is 603 g/mol. The fraction of sp³-hybridized carbons (Fsp3) is 0.114. The fourth-order valence-corrected chi connectivity index (χ4v) is 6.05. The van der Waals surface area contributed by atoms with Crippen LogP contribution in [0.3, 0.4) is 0 Å². The van der Waals surface area contributed by atoms with E-state index in [0.717, 1.165) is 33.5 Å². The highest BCUT2D eigenvalue weighted by atomic mass is 32.2. The predicted octanol–water partition coefficient (Wildman–Crippen LogP) is 6.50. The molecule has 1 amide bonds. The molecule has 2 N–H and O–H groups in total. The second-order valence-corrected chi connectivity index (χ2v) is 12.9. The first-order chi connectivity index (χ1) is 21.1. The number of carbonyl (C=O) groups excluding carboxylic acids is 1. The van der Waals surface area contributed by atoms with Crippen molar-refractivity contribution in [3.8, 4) is 11.1 Å². The Morgan fingerprint density at radius 3 is 2.32 bits per heavy atom. The highest BCUT2D eigenvalue weighted by molar-refractivity contribution is 7.90. The average Bonchev–Trinajstić information content (AvgIpc) is 3.42. The zero-order chi connectivity index (χ0) is 31.0. The van der Waals surface area contributed by atoms with Crippen LogP contribution in [0.25, 0.3) is 32.8 Å². The van der Waals surface area contributed by atoms with Gasteiger partial charge in [0.2, 0.25) is 0 Å². The Morgan fingerprint density at radius 2 is 1.59 bits per heavy atom. The number of carboxylic acids is 1. The standard InChI is InChI=1S/C35H29N3O5S/c1-22(24-12-14-26(15-13-24)35(40)41)37-34(39)32-19-29(28-8-5-9-31(18-28)44(2,42)43)17-30-20-36-38(33(30)32)21-23-10-11-25-6-3-4-7-27(25)16-23/h3-20,22H,21H2,1-2H3,(H,37,39)(H,40,41)/t22-/m0/s1. The minimum Gasteiger partial charge on any atom is -0.478 e. The van der Waals surface area contributed by atoms with E-state index in [1.807, 2.05) is 37.3 Å². The van der Waals surface area contributed by atoms with Crippen molar-refractivity contribution in [3.63, 3.8) is 0 Å². The minimum absolute atomic E-state index is 0.163. The highest BCUT2D eigenvalue weighted by Crippen LogP contribution is 2.31. The molecule has 0 unspecified atom stereocenters. The van der Waals surface area contributed by atoms with E-state index in [1.54, 1.807) is 47.3 Å². The molecule has 5 aromatic carbocycles. The van der Waals surface area contributed by atoms with Gasteiger partial charge in [-0.1, -0.05) is 60.7 Å². The van der Waals surface area contributed by atoms with Gasteiger partial charge >= 0.3 is 5.97 Å². The number of nitrogens with zero attached hydrogens (tertiary/aromatic N) is 2. The van der Waals surface area contributed by atoms with Crippen LogP contribution in [0, 0.1) is 0 Å². The van der Waals surface area contributed by atoms with Crippen LogP contribution in [0.2, 0.25) is 0 Å². The van der Waals surface area contributed by atoms with Gasteiger partial charge in [-0.15, -0.1) is 0 Å². The summed E-state index contributed by atoms with van der Waals surface area (Å²) < 4.78 is 26.3. The number of amides is 1. The molecule has 6 rings (SSSR count). The van der Waals surface area contributed by atoms with Gasteiger partial charge < -0.3 is 10.4 Å². The van der Waals surface area contributed by atoms with E-state index in [9.17, 15) is 23.1 Å². The van der Waals surface area contributed by atoms with Crippen molar-refractivity contribution in [2.24, 2.45) is 0 Å². The number of fused-ring (bicyclic) bond motifs is 2. The SMILES string of the molecule is C[C@H](NC(=O)c1cc(-c2cccc(S(C)(=O)=O)c2)cc2cnn(Cc3ccc4ccccc4c3)c12)c1ccc(C(=O)O)cc1. The molecule has 0 spiro atoms. The fourth-order valence-electron chi connectivity index (χ4n) is 5.38. The van der Waals surface area contributed by atoms with Crippen LogP contribution >= 0.6 is 0 Å². The van der Waals surface area contributed by atoms with Crippen molar-refractivity contribution < 1.29 is 23.1 Å². The molecule has 0 saturated heterocycles. The van der Waals surface area contributed by atoms with Crippen LogP contribution in [0.1, 0.15) is 44.8 Å². The van der Waals surface area contributed by atoms with Gasteiger partial charge in [0.15, 0.2) is 9.84 Å². The zero-order valence-electron chi connectivity index (χ0n) is 24.1. The van der Waals surface area contributed by atoms with Crippen molar-refractivity contribution in [1.82, 2.24) is 15.1 Å². The van der Waals surface area contributed by atoms with Crippen molar-refractivity contribution in [3.05, 3.63) is 132 Å². The van der Waals surface area contributed by atoms with Gasteiger partial charge in [-0.2, -0.15) is 5.10 Å². The Bertz CT molecular complexity index is 2170. The number of carboxylic acid groups (broad SMARTS) is 1. The molecule has 0 bridgehead atoms. The first-order valence-corrected chi connectivity index (χ1v) is 15.9. The number of aromatic carboxylic acids is 1. The lowest BCUT2D eigenvalue weighted by atomic mass is 9.99. The van der Waals surface area contributed by atoms with E-state index in [0.29, 0.717) is 28.8 Å². The minimum atomic E-state index is -3.44. The normalized spacial score (nSPS) is 12.3. The van der Waals surface area contributed by atoms with Crippen LogP contribution in [0.4, 0.5) is 0 Å². The maximum absolute atomic E-state index is 14.0. The third-order valence-corrected chi connectivity index (χ3v) is 8.84. The largest absolute Gasteiger partial charge is 0.478 e. The molecule has 220 valence electrons. The van der Waals surface area contributed by atoms with Gasteiger partial charge in [0, 0.05) is 11.6 Å². The maximum Gasteiger partial charge on any atom is 0.335 e. The van der Waals surface area contributed by atoms with Crippen LogP contribution in [-0.4, -0.2) is 41.4 Å². The lowest BCUT2D eigenvalue weighted by Crippen LogP contribution is -2.27. The molecular formula is C35H29N3O5S. The Morgan fingerprint density at radius 1 is 0.841 bits per heavy atom. The van der Waals surface area contributed by atoms with Crippen LogP contribution in [0.5, 0.6) is 0 Å². The molecule has 0 fully saturated rings. The summed E-state index contributed by atoms with van der Waals surface area (Å²) in [5.74, 6) is -1.36. The van der Waals surface area contributed by atoms with Gasteiger partial charge in [-0.05, 0) is 82.4 Å². The van der Waals surface area contributed by atoms with Crippen molar-refractivity contribution in [2.45, 2.75) is 24.4 Å². The lowest BCUT2D eigenvalue weighted by molar-refractivity contribution is 0.0696. The maximum atomic E-state index is 14.0. The summed E-state index contributed by atoms with van der Waals surface area (Å²) in [6, 6.07) is 30.6. The van der Waals surface area contributed by atoms with Crippen molar-refractivity contribution >= 4 is 43.4 Å². The first-order valence-electron chi connectivity index (χ1n) is 14.0. The van der Waals surface area contributed by atoms with Gasteiger partial charge in [-0.3, -0.25) is 9.48 Å². The number of nitrogens with one attached hydrogen (secondary N) is 1. The Hall–Kier alpha value is -5.28. The molecular weight excluding hydrogens is 574 g/mol. The summed E-state index contributed by atoms with van der Waals surface area (Å²) in [5.41, 5.74) is 4.30. The lowest BCUT2D eigenvalue weighted by Gasteiger charge is -2.17. The predicted molar refractivity (Wildman–Crippen MR) is 171 cm³/mol. The molecule has 1 heterocycles. The summed E-state index contributed by atoms with van der Waals surface area (Å²) in [5, 5.41) is 19.9. The molecule has 0 aliphatic heterocycles. The molecule has 0 saturated carbocycles. The van der Waals surface area contributed by atoms with E-state index in [-0.39, 0.29) is 16.4 Å². The van der Waals surface area contributed by atoms with Crippen LogP contribution in [-0.2, 0) is 16.4 Å². The van der Waals surface area contributed by atoms with E-state index in [1.165, 1.54) is 12.1 Å². The van der Waals surface area contributed by atoms with Gasteiger partial charge in [0.25, 0.3) is 5.91 Å². The number of rotatable bonds is 8. The topological polar surface area (TPSA) is 118 Å². The molecule has 1 aromatic heterocycles. The second-order valence-electron chi connectivity index (χ2n) is 10.9. The molecule has 0 aliphatic carbocycles. The summed E-state index contributed by atoms with van der Waals surface area (Å²) in [4.78, 5) is 25.4. The molecule has 0 radical (unpaired) electrons. The first kappa shape index (κ1) is 28.8. The average molecular weight is 604 g/mol. The Balaban J connectivity index is 1.42. The van der Waals surface area contributed by atoms with Gasteiger partial charge in [0.05, 0.1) is 40.3 Å². The Labute approximate surface area is 254 Å². The second kappa shape index (κ2) is 11.4. The molecule has 8 nitrogen and oxygen atoms in total. The van der Waals surface area contributed by atoms with Crippen LogP contribution in [0.15, 0.2) is 114 Å². The number of sulfone groups is 1. The summed E-state index contributed by atoms with van der Waals surface area (Å²) in [6.07, 6.45) is 2.88. The quantitative estimate of drug-likeness (QED) is 0.205. The number of hydrogen-bond donors (Lipinski definition) is 2. The summed E-state index contributed by atoms with van der Waals surface area (Å²) in [6.45, 7) is 2.26. The van der Waals surface area contributed by atoms with E-state index >= 15 is 0 Å². The van der Waals surface area contributed by atoms with E-state index in [4.69, 9.17) is 0 Å². The highest BCUT2D eigenvalue weighted by Gasteiger charge is 2.20. The van der Waals surface area contributed by atoms with Crippen molar-refractivity contribution in [2.75, 3.05) is 6.26 Å². The number of carbonyl (C=O) groups is 2. The molecule has 44 heavy (non-hydrogen) atoms. The summed E-state index contributed by atoms with van der Waals surface area (Å²) in [7, 11) is -3.44. The van der Waals surface area contributed by atoms with E-state index < -0.39 is 21.8 Å². The Kier molecular flexibility index (Phi) is 7.48.